The molecule has 0 unspecified atom stereocenters. The van der Waals surface area contributed by atoms with E-state index in [1.807, 2.05) is 13.0 Å². The summed E-state index contributed by atoms with van der Waals surface area (Å²) in [5.74, 6) is 1.03. The van der Waals surface area contributed by atoms with Gasteiger partial charge in [0, 0.05) is 30.0 Å². The van der Waals surface area contributed by atoms with Gasteiger partial charge in [-0.3, -0.25) is 4.79 Å². The number of hydrogen-bond acceptors (Lipinski definition) is 4. The Labute approximate surface area is 148 Å². The SMILES string of the molecule is CCOc1ccc(C(=O)Nc2ccc3c(c2)N(CC)CC3)cc1OC. The molecule has 1 N–H and O–H groups in total. The van der Waals surface area contributed by atoms with Gasteiger partial charge in [-0.25, -0.2) is 0 Å². The lowest BCUT2D eigenvalue weighted by Gasteiger charge is -2.17. The van der Waals surface area contributed by atoms with Gasteiger partial charge in [0.2, 0.25) is 0 Å². The smallest absolute Gasteiger partial charge is 0.255 e. The van der Waals surface area contributed by atoms with E-state index < -0.39 is 0 Å². The van der Waals surface area contributed by atoms with E-state index in [9.17, 15) is 4.79 Å². The summed E-state index contributed by atoms with van der Waals surface area (Å²) in [5, 5.41) is 2.97. The lowest BCUT2D eigenvalue weighted by molar-refractivity contribution is 0.102. The van der Waals surface area contributed by atoms with Crippen LogP contribution in [0.2, 0.25) is 0 Å². The van der Waals surface area contributed by atoms with E-state index in [1.54, 1.807) is 25.3 Å². The van der Waals surface area contributed by atoms with E-state index in [-0.39, 0.29) is 5.91 Å². The zero-order chi connectivity index (χ0) is 17.8. The predicted octanol–water partition coefficient (Wildman–Crippen LogP) is 3.73. The summed E-state index contributed by atoms with van der Waals surface area (Å²) in [6.07, 6.45) is 1.06. The highest BCUT2D eigenvalue weighted by molar-refractivity contribution is 6.05. The summed E-state index contributed by atoms with van der Waals surface area (Å²) < 4.78 is 10.8. The maximum Gasteiger partial charge on any atom is 0.255 e. The molecule has 0 aromatic heterocycles. The van der Waals surface area contributed by atoms with E-state index in [0.29, 0.717) is 23.7 Å². The van der Waals surface area contributed by atoms with Crippen LogP contribution in [0.25, 0.3) is 0 Å². The van der Waals surface area contributed by atoms with E-state index in [1.165, 1.54) is 11.3 Å². The molecule has 0 spiro atoms. The molecule has 132 valence electrons. The minimum atomic E-state index is -0.164. The van der Waals surface area contributed by atoms with Crippen molar-refractivity contribution in [3.63, 3.8) is 0 Å². The second kappa shape index (κ2) is 7.47. The normalized spacial score (nSPS) is 12.7. The number of benzene rings is 2. The number of hydrogen-bond donors (Lipinski definition) is 1. The topological polar surface area (TPSA) is 50.8 Å². The van der Waals surface area contributed by atoms with Crippen LogP contribution in [0.3, 0.4) is 0 Å². The van der Waals surface area contributed by atoms with Crippen molar-refractivity contribution in [2.45, 2.75) is 20.3 Å². The molecule has 0 fully saturated rings. The van der Waals surface area contributed by atoms with Gasteiger partial charge in [-0.15, -0.1) is 0 Å². The van der Waals surface area contributed by atoms with E-state index in [4.69, 9.17) is 9.47 Å². The first-order chi connectivity index (χ1) is 12.2. The van der Waals surface area contributed by atoms with Crippen LogP contribution in [0.4, 0.5) is 11.4 Å². The number of methoxy groups -OCH3 is 1. The van der Waals surface area contributed by atoms with Gasteiger partial charge in [-0.2, -0.15) is 0 Å². The third kappa shape index (κ3) is 3.55. The molecule has 5 nitrogen and oxygen atoms in total. The van der Waals surface area contributed by atoms with E-state index >= 15 is 0 Å². The first-order valence-corrected chi connectivity index (χ1v) is 8.66. The number of carbonyl (C=O) groups is 1. The second-order valence-corrected chi connectivity index (χ2v) is 5.93. The minimum absolute atomic E-state index is 0.164. The number of nitrogens with one attached hydrogen (secondary N) is 1. The van der Waals surface area contributed by atoms with Crippen molar-refractivity contribution in [2.24, 2.45) is 0 Å². The molecule has 1 amide bonds. The zero-order valence-corrected chi connectivity index (χ0v) is 15.0. The third-order valence-electron chi connectivity index (χ3n) is 4.44. The van der Waals surface area contributed by atoms with Crippen molar-refractivity contribution < 1.29 is 14.3 Å². The molecular weight excluding hydrogens is 316 g/mol. The molecule has 0 atom stereocenters. The maximum atomic E-state index is 12.6. The molecule has 1 aliphatic rings. The Morgan fingerprint density at radius 3 is 2.72 bits per heavy atom. The molecule has 0 saturated heterocycles. The Morgan fingerprint density at radius 2 is 2.00 bits per heavy atom. The molecule has 5 heteroatoms. The highest BCUT2D eigenvalue weighted by atomic mass is 16.5. The number of amides is 1. The molecule has 2 aromatic carbocycles. The lowest BCUT2D eigenvalue weighted by atomic mass is 10.1. The first-order valence-electron chi connectivity index (χ1n) is 8.66. The second-order valence-electron chi connectivity index (χ2n) is 5.93. The zero-order valence-electron chi connectivity index (χ0n) is 15.0. The quantitative estimate of drug-likeness (QED) is 0.870. The summed E-state index contributed by atoms with van der Waals surface area (Å²) in [6.45, 7) is 6.62. The molecule has 0 saturated carbocycles. The largest absolute Gasteiger partial charge is 0.493 e. The molecule has 25 heavy (non-hydrogen) atoms. The molecule has 1 heterocycles. The number of carbonyl (C=O) groups excluding carboxylic acids is 1. The average molecular weight is 340 g/mol. The van der Waals surface area contributed by atoms with Crippen molar-refractivity contribution in [1.82, 2.24) is 0 Å². The van der Waals surface area contributed by atoms with E-state index in [0.717, 1.165) is 25.2 Å². The van der Waals surface area contributed by atoms with Crippen LogP contribution in [0.1, 0.15) is 29.8 Å². The predicted molar refractivity (Wildman–Crippen MR) is 100 cm³/mol. The number of ether oxygens (including phenoxy) is 2. The highest BCUT2D eigenvalue weighted by Crippen LogP contribution is 2.31. The summed E-state index contributed by atoms with van der Waals surface area (Å²) in [7, 11) is 1.57. The first kappa shape index (κ1) is 17.1. The van der Waals surface area contributed by atoms with Crippen molar-refractivity contribution in [3.8, 4) is 11.5 Å². The molecular formula is C20H24N2O3. The van der Waals surface area contributed by atoms with Crippen LogP contribution in [0, 0.1) is 0 Å². The molecule has 2 aromatic rings. The average Bonchev–Trinajstić information content (AvgIpc) is 3.04. The summed E-state index contributed by atoms with van der Waals surface area (Å²) in [5.41, 5.74) is 3.89. The molecule has 0 bridgehead atoms. The van der Waals surface area contributed by atoms with E-state index in [2.05, 4.69) is 29.3 Å². The maximum absolute atomic E-state index is 12.6. The number of rotatable bonds is 6. The van der Waals surface area contributed by atoms with Crippen LogP contribution < -0.4 is 19.7 Å². The number of fused-ring (bicyclic) bond motifs is 1. The minimum Gasteiger partial charge on any atom is -0.493 e. The van der Waals surface area contributed by atoms with Crippen molar-refractivity contribution in [2.75, 3.05) is 37.0 Å². The van der Waals surface area contributed by atoms with Crippen molar-refractivity contribution in [3.05, 3.63) is 47.5 Å². The van der Waals surface area contributed by atoms with Crippen LogP contribution in [-0.2, 0) is 6.42 Å². The highest BCUT2D eigenvalue weighted by Gasteiger charge is 2.18. The summed E-state index contributed by atoms with van der Waals surface area (Å²) in [6, 6.07) is 11.3. The molecule has 1 aliphatic heterocycles. The third-order valence-corrected chi connectivity index (χ3v) is 4.44. The van der Waals surface area contributed by atoms with Crippen LogP contribution in [-0.4, -0.2) is 32.7 Å². The molecule has 0 radical (unpaired) electrons. The lowest BCUT2D eigenvalue weighted by Crippen LogP contribution is -2.19. The van der Waals surface area contributed by atoms with Gasteiger partial charge in [0.15, 0.2) is 11.5 Å². The van der Waals surface area contributed by atoms with Gasteiger partial charge in [-0.05, 0) is 56.2 Å². The summed E-state index contributed by atoms with van der Waals surface area (Å²) >= 11 is 0. The van der Waals surface area contributed by atoms with Crippen molar-refractivity contribution >= 4 is 17.3 Å². The Bertz CT molecular complexity index is 774. The Hall–Kier alpha value is -2.69. The Morgan fingerprint density at radius 1 is 1.16 bits per heavy atom. The monoisotopic (exact) mass is 340 g/mol. The number of anilines is 2. The fraction of sp³-hybridized carbons (Fsp3) is 0.350. The fourth-order valence-electron chi connectivity index (χ4n) is 3.14. The van der Waals surface area contributed by atoms with Crippen LogP contribution >= 0.6 is 0 Å². The molecule has 0 aliphatic carbocycles. The van der Waals surface area contributed by atoms with Gasteiger partial charge in [-0.1, -0.05) is 6.07 Å². The molecule has 3 rings (SSSR count). The summed E-state index contributed by atoms with van der Waals surface area (Å²) in [4.78, 5) is 14.9. The standard InChI is InChI=1S/C20H24N2O3/c1-4-22-11-10-14-6-8-16(13-17(14)22)21-20(23)15-7-9-18(25-5-2)19(12-15)24-3/h6-9,12-13H,4-5,10-11H2,1-3H3,(H,21,23). The van der Waals surface area contributed by atoms with Gasteiger partial charge < -0.3 is 19.7 Å². The van der Waals surface area contributed by atoms with Crippen LogP contribution in [0.5, 0.6) is 11.5 Å². The van der Waals surface area contributed by atoms with Gasteiger partial charge in [0.25, 0.3) is 5.91 Å². The van der Waals surface area contributed by atoms with Crippen LogP contribution in [0.15, 0.2) is 36.4 Å². The van der Waals surface area contributed by atoms with Gasteiger partial charge in [0.1, 0.15) is 0 Å². The fourth-order valence-corrected chi connectivity index (χ4v) is 3.14. The van der Waals surface area contributed by atoms with Crippen molar-refractivity contribution in [1.29, 1.82) is 0 Å². The van der Waals surface area contributed by atoms with Gasteiger partial charge in [0.05, 0.1) is 13.7 Å². The number of nitrogens with zero attached hydrogens (tertiary/aromatic N) is 1. The Kier molecular flexibility index (Phi) is 5.12. The number of likely N-dealkylation sites (N-methyl/N-ethyl adjacent to an activating group) is 1. The van der Waals surface area contributed by atoms with Gasteiger partial charge >= 0.3 is 0 Å². The Balaban J connectivity index is 1.79.